The van der Waals surface area contributed by atoms with E-state index >= 15 is 0 Å². The van der Waals surface area contributed by atoms with Crippen LogP contribution >= 0.6 is 0 Å². The maximum atomic E-state index is 13.2. The maximum absolute atomic E-state index is 13.2. The lowest BCUT2D eigenvalue weighted by Gasteiger charge is -2.41. The highest BCUT2D eigenvalue weighted by atomic mass is 19.4. The van der Waals surface area contributed by atoms with Gasteiger partial charge >= 0.3 is 6.18 Å². The largest absolute Gasteiger partial charge is 0.433 e. The van der Waals surface area contributed by atoms with Gasteiger partial charge in [-0.3, -0.25) is 4.79 Å². The quantitative estimate of drug-likeness (QED) is 0.638. The lowest BCUT2D eigenvalue weighted by atomic mass is 9.94. The second-order valence-electron chi connectivity index (χ2n) is 6.43. The Morgan fingerprint density at radius 2 is 1.93 bits per heavy atom. The number of amides is 1. The fourth-order valence-corrected chi connectivity index (χ4v) is 3.25. The second kappa shape index (κ2) is 6.04. The van der Waals surface area contributed by atoms with E-state index in [0.29, 0.717) is 17.5 Å². The Kier molecular flexibility index (Phi) is 3.90. The van der Waals surface area contributed by atoms with Crippen molar-refractivity contribution in [3.63, 3.8) is 0 Å². The van der Waals surface area contributed by atoms with Crippen LogP contribution in [0.4, 0.5) is 17.6 Å². The van der Waals surface area contributed by atoms with Gasteiger partial charge in [0.2, 0.25) is 0 Å². The lowest BCUT2D eigenvalue weighted by molar-refractivity contribution is -0.142. The van der Waals surface area contributed by atoms with Crippen LogP contribution in [0.2, 0.25) is 0 Å². The molecule has 1 atom stereocenters. The van der Waals surface area contributed by atoms with Crippen LogP contribution in [0.5, 0.6) is 0 Å². The number of fused-ring (bicyclic) bond motifs is 1. The number of aromatic nitrogens is 3. The van der Waals surface area contributed by atoms with Crippen molar-refractivity contribution in [2.75, 3.05) is 6.54 Å². The van der Waals surface area contributed by atoms with E-state index in [2.05, 4.69) is 10.1 Å². The van der Waals surface area contributed by atoms with E-state index in [1.165, 1.54) is 24.0 Å². The molecule has 1 aliphatic heterocycles. The first-order valence-electron chi connectivity index (χ1n) is 8.25. The molecule has 0 radical (unpaired) electrons. The molecular formula is C18H14F4N4O. The fraction of sp³-hybridized carbons (Fsp3) is 0.278. The summed E-state index contributed by atoms with van der Waals surface area (Å²) >= 11 is 0. The van der Waals surface area contributed by atoms with Crippen molar-refractivity contribution in [2.45, 2.75) is 25.6 Å². The third-order valence-corrected chi connectivity index (χ3v) is 4.66. The van der Waals surface area contributed by atoms with Crippen molar-refractivity contribution >= 4 is 11.6 Å². The first kappa shape index (κ1) is 17.4. The molecule has 5 nitrogen and oxygen atoms in total. The molecule has 2 aromatic heterocycles. The van der Waals surface area contributed by atoms with Gasteiger partial charge in [0.1, 0.15) is 17.1 Å². The van der Waals surface area contributed by atoms with Gasteiger partial charge in [-0.2, -0.15) is 18.3 Å². The number of hydrogen-bond donors (Lipinski definition) is 0. The fourth-order valence-electron chi connectivity index (χ4n) is 3.25. The van der Waals surface area contributed by atoms with Crippen LogP contribution in [0.1, 0.15) is 39.8 Å². The second-order valence-corrected chi connectivity index (χ2v) is 6.43. The molecule has 1 aliphatic rings. The molecule has 0 spiro atoms. The number of likely N-dealkylation sites (tertiary alicyclic amines) is 1. The lowest BCUT2D eigenvalue weighted by Crippen LogP contribution is -2.45. The predicted octanol–water partition coefficient (Wildman–Crippen LogP) is 3.78. The Bertz CT molecular complexity index is 1030. The van der Waals surface area contributed by atoms with Crippen LogP contribution in [-0.4, -0.2) is 31.9 Å². The van der Waals surface area contributed by atoms with E-state index in [0.717, 1.165) is 17.8 Å². The molecule has 140 valence electrons. The van der Waals surface area contributed by atoms with Crippen molar-refractivity contribution in [2.24, 2.45) is 0 Å². The van der Waals surface area contributed by atoms with Crippen LogP contribution < -0.4 is 0 Å². The number of carbonyl (C=O) groups is 1. The molecule has 1 unspecified atom stereocenters. The smallest absolute Gasteiger partial charge is 0.331 e. The van der Waals surface area contributed by atoms with Crippen LogP contribution in [0, 0.1) is 12.7 Å². The number of rotatable bonds is 2. The molecule has 0 N–H and O–H groups in total. The summed E-state index contributed by atoms with van der Waals surface area (Å²) < 4.78 is 53.5. The number of nitrogens with zero attached hydrogens (tertiary/aromatic N) is 4. The Hall–Kier alpha value is -2.97. The summed E-state index contributed by atoms with van der Waals surface area (Å²) in [4.78, 5) is 18.5. The van der Waals surface area contributed by atoms with Crippen LogP contribution in [0.3, 0.4) is 0 Å². The van der Waals surface area contributed by atoms with E-state index in [4.69, 9.17) is 0 Å². The van der Waals surface area contributed by atoms with E-state index in [-0.39, 0.29) is 28.8 Å². The van der Waals surface area contributed by atoms with Crippen molar-refractivity contribution in [1.29, 1.82) is 0 Å². The molecule has 0 bridgehead atoms. The zero-order chi connectivity index (χ0) is 19.3. The summed E-state index contributed by atoms with van der Waals surface area (Å²) in [6.07, 6.45) is -2.82. The molecule has 3 aromatic rings. The standard InChI is InChI=1S/C18H14F4N4O/c1-10-8-15(18(20,21)22)26-16(24-10)13(9-23-26)17(27)25-7-6-14(25)11-2-4-12(19)5-3-11/h2-5,8-9,14H,6-7H2,1H3. The number of benzene rings is 1. The van der Waals surface area contributed by atoms with Crippen LogP contribution in [-0.2, 0) is 6.18 Å². The Morgan fingerprint density at radius 1 is 1.22 bits per heavy atom. The number of halogens is 4. The minimum atomic E-state index is -4.62. The van der Waals surface area contributed by atoms with Gasteiger partial charge in [0, 0.05) is 12.2 Å². The van der Waals surface area contributed by atoms with E-state index in [1.54, 1.807) is 12.1 Å². The number of carbonyl (C=O) groups excluding carboxylic acids is 1. The molecule has 0 saturated carbocycles. The van der Waals surface area contributed by atoms with Gasteiger partial charge in [-0.05, 0) is 37.1 Å². The number of alkyl halides is 3. The first-order valence-corrected chi connectivity index (χ1v) is 8.25. The first-order chi connectivity index (χ1) is 12.8. The van der Waals surface area contributed by atoms with Crippen molar-refractivity contribution in [3.8, 4) is 0 Å². The topological polar surface area (TPSA) is 50.5 Å². The summed E-state index contributed by atoms with van der Waals surface area (Å²) in [7, 11) is 0. The van der Waals surface area contributed by atoms with Crippen LogP contribution in [0.25, 0.3) is 5.65 Å². The summed E-state index contributed by atoms with van der Waals surface area (Å²) in [6.45, 7) is 1.89. The Labute approximate surface area is 151 Å². The minimum Gasteiger partial charge on any atom is -0.331 e. The average molecular weight is 378 g/mol. The molecule has 1 fully saturated rings. The predicted molar refractivity (Wildman–Crippen MR) is 87.5 cm³/mol. The van der Waals surface area contributed by atoms with Gasteiger partial charge in [-0.25, -0.2) is 13.9 Å². The van der Waals surface area contributed by atoms with Gasteiger partial charge in [-0.1, -0.05) is 12.1 Å². The van der Waals surface area contributed by atoms with Crippen LogP contribution in [0.15, 0.2) is 36.5 Å². The third-order valence-electron chi connectivity index (χ3n) is 4.66. The molecule has 0 aliphatic carbocycles. The van der Waals surface area contributed by atoms with Gasteiger partial charge in [0.05, 0.1) is 12.2 Å². The maximum Gasteiger partial charge on any atom is 0.433 e. The van der Waals surface area contributed by atoms with E-state index in [1.807, 2.05) is 0 Å². The number of hydrogen-bond acceptors (Lipinski definition) is 3. The summed E-state index contributed by atoms with van der Waals surface area (Å²) in [5, 5.41) is 3.73. The monoisotopic (exact) mass is 378 g/mol. The summed E-state index contributed by atoms with van der Waals surface area (Å²) in [6, 6.07) is 6.46. The highest BCUT2D eigenvalue weighted by Gasteiger charge is 2.38. The minimum absolute atomic E-state index is 0.0102. The molecular weight excluding hydrogens is 364 g/mol. The van der Waals surface area contributed by atoms with Crippen molar-refractivity contribution in [1.82, 2.24) is 19.5 Å². The third kappa shape index (κ3) is 2.92. The summed E-state index contributed by atoms with van der Waals surface area (Å²) in [5.74, 6) is -0.824. The zero-order valence-corrected chi connectivity index (χ0v) is 14.2. The SMILES string of the molecule is Cc1cc(C(F)(F)F)n2ncc(C(=O)N3CCC3c3ccc(F)cc3)c2n1. The van der Waals surface area contributed by atoms with E-state index < -0.39 is 17.8 Å². The molecule has 4 rings (SSSR count). The molecule has 1 aromatic carbocycles. The molecule has 1 saturated heterocycles. The molecule has 9 heteroatoms. The molecule has 27 heavy (non-hydrogen) atoms. The van der Waals surface area contributed by atoms with Gasteiger partial charge in [0.25, 0.3) is 5.91 Å². The highest BCUT2D eigenvalue weighted by Crippen LogP contribution is 2.36. The zero-order valence-electron chi connectivity index (χ0n) is 14.2. The highest BCUT2D eigenvalue weighted by molar-refractivity contribution is 6.00. The average Bonchev–Trinajstić information content (AvgIpc) is 2.97. The summed E-state index contributed by atoms with van der Waals surface area (Å²) in [5.41, 5.74) is -0.188. The Morgan fingerprint density at radius 3 is 2.52 bits per heavy atom. The van der Waals surface area contributed by atoms with Gasteiger partial charge < -0.3 is 4.90 Å². The number of aryl methyl sites for hydroxylation is 1. The molecule has 3 heterocycles. The van der Waals surface area contributed by atoms with Gasteiger partial charge in [-0.15, -0.1) is 0 Å². The Balaban J connectivity index is 1.71. The van der Waals surface area contributed by atoms with Gasteiger partial charge in [0.15, 0.2) is 5.65 Å². The normalized spacial score (nSPS) is 17.2. The van der Waals surface area contributed by atoms with Crippen molar-refractivity contribution < 1.29 is 22.4 Å². The van der Waals surface area contributed by atoms with Crippen molar-refractivity contribution in [3.05, 3.63) is 64.9 Å². The van der Waals surface area contributed by atoms with E-state index in [9.17, 15) is 22.4 Å². The molecule has 1 amide bonds.